The first kappa shape index (κ1) is 11.8. The van der Waals surface area contributed by atoms with Gasteiger partial charge in [0.15, 0.2) is 11.5 Å². The van der Waals surface area contributed by atoms with Crippen LogP contribution in [0.25, 0.3) is 0 Å². The maximum absolute atomic E-state index is 10.4. The molecule has 0 amide bonds. The predicted octanol–water partition coefficient (Wildman–Crippen LogP) is 1.92. The summed E-state index contributed by atoms with van der Waals surface area (Å²) in [6.45, 7) is 3.98. The zero-order valence-electron chi connectivity index (χ0n) is 10.5. The maximum atomic E-state index is 10.4. The molecule has 4 heteroatoms. The number of fused-ring (bicyclic) bond motifs is 1. The number of hydrogen-bond donors (Lipinski definition) is 1. The number of benzene rings is 1. The minimum atomic E-state index is -0.599. The largest absolute Gasteiger partial charge is 0.486 e. The second-order valence-electron chi connectivity index (χ2n) is 4.95. The molecular weight excluding hydrogens is 232 g/mol. The highest BCUT2D eigenvalue weighted by atomic mass is 16.6. The van der Waals surface area contributed by atoms with Crippen molar-refractivity contribution in [3.8, 4) is 11.5 Å². The second-order valence-corrected chi connectivity index (χ2v) is 4.95. The summed E-state index contributed by atoms with van der Waals surface area (Å²) >= 11 is 0. The van der Waals surface area contributed by atoms with E-state index in [4.69, 9.17) is 14.2 Å². The molecular formula is C14H18O4. The molecule has 0 bridgehead atoms. The van der Waals surface area contributed by atoms with Crippen molar-refractivity contribution in [2.75, 3.05) is 19.8 Å². The maximum Gasteiger partial charge on any atom is 0.161 e. The van der Waals surface area contributed by atoms with Crippen LogP contribution in [-0.4, -0.2) is 31.0 Å². The molecule has 1 aromatic rings. The fourth-order valence-corrected chi connectivity index (χ4v) is 2.55. The van der Waals surface area contributed by atoms with Gasteiger partial charge in [0.05, 0.1) is 6.10 Å². The van der Waals surface area contributed by atoms with Crippen LogP contribution in [0.15, 0.2) is 18.2 Å². The Balaban J connectivity index is 1.83. The Hall–Kier alpha value is -1.26. The van der Waals surface area contributed by atoms with Crippen molar-refractivity contribution in [3.63, 3.8) is 0 Å². The van der Waals surface area contributed by atoms with Gasteiger partial charge in [0.25, 0.3) is 0 Å². The summed E-state index contributed by atoms with van der Waals surface area (Å²) in [5, 5.41) is 10.4. The number of aliphatic hydroxyl groups excluding tert-OH is 1. The van der Waals surface area contributed by atoms with E-state index < -0.39 is 6.10 Å². The molecule has 0 aromatic heterocycles. The van der Waals surface area contributed by atoms with E-state index in [0.717, 1.165) is 24.3 Å². The monoisotopic (exact) mass is 250 g/mol. The van der Waals surface area contributed by atoms with Crippen LogP contribution in [-0.2, 0) is 4.74 Å². The van der Waals surface area contributed by atoms with Crippen molar-refractivity contribution in [1.29, 1.82) is 0 Å². The lowest BCUT2D eigenvalue weighted by atomic mass is 9.94. The lowest BCUT2D eigenvalue weighted by molar-refractivity contribution is -0.0179. The standard InChI is InChI=1S/C14H18O4/c1-9-4-5-18-14(9)13(15)10-2-3-11-12(8-10)17-7-6-16-11/h2-3,8-9,13-15H,4-7H2,1H3. The molecule has 2 aliphatic rings. The highest BCUT2D eigenvalue weighted by molar-refractivity contribution is 5.44. The number of aliphatic hydroxyl groups is 1. The molecule has 1 N–H and O–H groups in total. The smallest absolute Gasteiger partial charge is 0.161 e. The fraction of sp³-hybridized carbons (Fsp3) is 0.571. The minimum Gasteiger partial charge on any atom is -0.486 e. The third kappa shape index (κ3) is 2.06. The van der Waals surface area contributed by atoms with E-state index in [9.17, 15) is 5.11 Å². The van der Waals surface area contributed by atoms with Gasteiger partial charge in [0, 0.05) is 6.61 Å². The molecule has 18 heavy (non-hydrogen) atoms. The molecule has 3 unspecified atom stereocenters. The zero-order chi connectivity index (χ0) is 12.5. The van der Waals surface area contributed by atoms with Gasteiger partial charge in [-0.1, -0.05) is 13.0 Å². The Morgan fingerprint density at radius 1 is 1.17 bits per heavy atom. The Labute approximate surface area is 106 Å². The summed E-state index contributed by atoms with van der Waals surface area (Å²) in [5.41, 5.74) is 0.831. The van der Waals surface area contributed by atoms with Crippen LogP contribution in [0, 0.1) is 5.92 Å². The van der Waals surface area contributed by atoms with E-state index in [1.165, 1.54) is 0 Å². The molecule has 98 valence electrons. The molecule has 3 rings (SSSR count). The van der Waals surface area contributed by atoms with Crippen LogP contribution in [0.1, 0.15) is 25.0 Å². The SMILES string of the molecule is CC1CCOC1C(O)c1ccc2c(c1)OCCO2. The Morgan fingerprint density at radius 2 is 1.94 bits per heavy atom. The first-order chi connectivity index (χ1) is 8.75. The van der Waals surface area contributed by atoms with E-state index in [1.54, 1.807) is 0 Å². The topological polar surface area (TPSA) is 47.9 Å². The molecule has 0 saturated carbocycles. The molecule has 2 aliphatic heterocycles. The van der Waals surface area contributed by atoms with Crippen LogP contribution in [0.4, 0.5) is 0 Å². The summed E-state index contributed by atoms with van der Waals surface area (Å²) in [5.74, 6) is 1.84. The average Bonchev–Trinajstić information content (AvgIpc) is 2.83. The normalized spacial score (nSPS) is 28.1. The Bertz CT molecular complexity index is 432. The fourth-order valence-electron chi connectivity index (χ4n) is 2.55. The van der Waals surface area contributed by atoms with E-state index >= 15 is 0 Å². The van der Waals surface area contributed by atoms with Crippen LogP contribution >= 0.6 is 0 Å². The van der Waals surface area contributed by atoms with E-state index in [0.29, 0.717) is 24.9 Å². The van der Waals surface area contributed by atoms with Crippen molar-refractivity contribution in [3.05, 3.63) is 23.8 Å². The van der Waals surface area contributed by atoms with Gasteiger partial charge in [0.1, 0.15) is 19.3 Å². The van der Waals surface area contributed by atoms with Gasteiger partial charge in [0.2, 0.25) is 0 Å². The summed E-state index contributed by atoms with van der Waals surface area (Å²) < 4.78 is 16.6. The molecule has 1 aromatic carbocycles. The van der Waals surface area contributed by atoms with Crippen molar-refractivity contribution in [2.24, 2.45) is 5.92 Å². The summed E-state index contributed by atoms with van der Waals surface area (Å²) in [4.78, 5) is 0. The zero-order valence-corrected chi connectivity index (χ0v) is 10.5. The summed E-state index contributed by atoms with van der Waals surface area (Å²) in [6, 6.07) is 5.59. The molecule has 1 saturated heterocycles. The first-order valence-electron chi connectivity index (χ1n) is 6.45. The van der Waals surface area contributed by atoms with Crippen LogP contribution in [0.2, 0.25) is 0 Å². The van der Waals surface area contributed by atoms with E-state index in [2.05, 4.69) is 6.92 Å². The van der Waals surface area contributed by atoms with Gasteiger partial charge in [-0.25, -0.2) is 0 Å². The summed E-state index contributed by atoms with van der Waals surface area (Å²) in [7, 11) is 0. The van der Waals surface area contributed by atoms with Crippen LogP contribution in [0.5, 0.6) is 11.5 Å². The minimum absolute atomic E-state index is 0.118. The summed E-state index contributed by atoms with van der Waals surface area (Å²) in [6.07, 6.45) is 0.289. The first-order valence-corrected chi connectivity index (χ1v) is 6.45. The average molecular weight is 250 g/mol. The van der Waals surface area contributed by atoms with Crippen molar-refractivity contribution in [1.82, 2.24) is 0 Å². The van der Waals surface area contributed by atoms with Crippen LogP contribution < -0.4 is 9.47 Å². The molecule has 1 fully saturated rings. The van der Waals surface area contributed by atoms with Gasteiger partial charge in [-0.15, -0.1) is 0 Å². The van der Waals surface area contributed by atoms with Crippen molar-refractivity contribution in [2.45, 2.75) is 25.6 Å². The van der Waals surface area contributed by atoms with Gasteiger partial charge in [-0.2, -0.15) is 0 Å². The highest BCUT2D eigenvalue weighted by Crippen LogP contribution is 2.36. The number of hydrogen-bond acceptors (Lipinski definition) is 4. The van der Waals surface area contributed by atoms with Gasteiger partial charge >= 0.3 is 0 Å². The highest BCUT2D eigenvalue weighted by Gasteiger charge is 2.32. The lowest BCUT2D eigenvalue weighted by Gasteiger charge is -2.24. The third-order valence-electron chi connectivity index (χ3n) is 3.66. The third-order valence-corrected chi connectivity index (χ3v) is 3.66. The number of ether oxygens (including phenoxy) is 3. The number of rotatable bonds is 2. The van der Waals surface area contributed by atoms with E-state index in [1.807, 2.05) is 18.2 Å². The molecule has 0 spiro atoms. The van der Waals surface area contributed by atoms with Crippen molar-refractivity contribution >= 4 is 0 Å². The van der Waals surface area contributed by atoms with E-state index in [-0.39, 0.29) is 6.10 Å². The molecule has 0 radical (unpaired) electrons. The van der Waals surface area contributed by atoms with Gasteiger partial charge < -0.3 is 19.3 Å². The molecule has 3 atom stereocenters. The lowest BCUT2D eigenvalue weighted by Crippen LogP contribution is -2.23. The van der Waals surface area contributed by atoms with Crippen molar-refractivity contribution < 1.29 is 19.3 Å². The quantitative estimate of drug-likeness (QED) is 0.871. The van der Waals surface area contributed by atoms with Gasteiger partial charge in [-0.05, 0) is 30.0 Å². The predicted molar refractivity (Wildman–Crippen MR) is 65.9 cm³/mol. The molecule has 4 nitrogen and oxygen atoms in total. The molecule has 2 heterocycles. The van der Waals surface area contributed by atoms with Crippen LogP contribution in [0.3, 0.4) is 0 Å². The van der Waals surface area contributed by atoms with Gasteiger partial charge in [-0.3, -0.25) is 0 Å². The molecule has 0 aliphatic carbocycles. The second kappa shape index (κ2) is 4.78. The Kier molecular flexibility index (Phi) is 3.14. The Morgan fingerprint density at radius 3 is 2.67 bits per heavy atom.